The van der Waals surface area contributed by atoms with Gasteiger partial charge in [0.05, 0.1) is 32.0 Å². The van der Waals surface area contributed by atoms with Gasteiger partial charge in [-0.25, -0.2) is 4.39 Å². The summed E-state index contributed by atoms with van der Waals surface area (Å²) in [7, 11) is 4.37. The Morgan fingerprint density at radius 1 is 1.04 bits per heavy atom. The summed E-state index contributed by atoms with van der Waals surface area (Å²) in [5, 5.41) is 3.13. The molecule has 0 aromatic heterocycles. The molecule has 0 saturated heterocycles. The third-order valence-electron chi connectivity index (χ3n) is 3.60. The lowest BCUT2D eigenvalue weighted by Crippen LogP contribution is -2.13. The van der Waals surface area contributed by atoms with E-state index in [-0.39, 0.29) is 18.1 Å². The normalized spacial score (nSPS) is 10.3. The Balaban J connectivity index is 2.04. The minimum Gasteiger partial charge on any atom is -0.495 e. The molecule has 0 atom stereocenters. The molecule has 2 aromatic carbocycles. The molecule has 2 rings (SSSR count). The maximum atomic E-state index is 13.7. The van der Waals surface area contributed by atoms with E-state index in [1.54, 1.807) is 18.2 Å². The predicted octanol–water partition coefficient (Wildman–Crippen LogP) is 4.08. The van der Waals surface area contributed by atoms with E-state index in [0.29, 0.717) is 34.2 Å². The molecule has 0 spiro atoms. The molecule has 134 valence electrons. The lowest BCUT2D eigenvalue weighted by atomic mass is 10.1. The largest absolute Gasteiger partial charge is 0.495 e. The van der Waals surface area contributed by atoms with E-state index in [0.717, 1.165) is 0 Å². The first kappa shape index (κ1) is 18.9. The van der Waals surface area contributed by atoms with Crippen LogP contribution in [0.25, 0.3) is 0 Å². The van der Waals surface area contributed by atoms with Crippen molar-refractivity contribution >= 4 is 23.2 Å². The van der Waals surface area contributed by atoms with Crippen molar-refractivity contribution in [3.8, 4) is 17.2 Å². The fraction of sp³-hybridized carbons (Fsp3) is 0.278. The van der Waals surface area contributed by atoms with Crippen molar-refractivity contribution in [3.05, 3.63) is 46.7 Å². The van der Waals surface area contributed by atoms with Gasteiger partial charge in [-0.1, -0.05) is 17.7 Å². The molecule has 0 aliphatic heterocycles. The number of aryl methyl sites for hydroxylation is 1. The van der Waals surface area contributed by atoms with Gasteiger partial charge in [0.1, 0.15) is 11.5 Å². The Hall–Kier alpha value is -2.47. The molecular weight excluding hydrogens is 349 g/mol. The summed E-state index contributed by atoms with van der Waals surface area (Å²) in [5.41, 5.74) is 1.16. The van der Waals surface area contributed by atoms with Gasteiger partial charge in [-0.05, 0) is 24.1 Å². The number of anilines is 1. The van der Waals surface area contributed by atoms with Gasteiger partial charge in [0.15, 0.2) is 11.6 Å². The lowest BCUT2D eigenvalue weighted by Gasteiger charge is -2.13. The van der Waals surface area contributed by atoms with Crippen LogP contribution < -0.4 is 19.5 Å². The molecule has 0 aliphatic rings. The van der Waals surface area contributed by atoms with E-state index < -0.39 is 5.82 Å². The Kier molecular flexibility index (Phi) is 6.47. The smallest absolute Gasteiger partial charge is 0.224 e. The average Bonchev–Trinajstić information content (AvgIpc) is 2.61. The van der Waals surface area contributed by atoms with Gasteiger partial charge in [0.25, 0.3) is 0 Å². The van der Waals surface area contributed by atoms with Crippen LogP contribution in [0.2, 0.25) is 5.02 Å². The molecule has 5 nitrogen and oxygen atoms in total. The second-order valence-electron chi connectivity index (χ2n) is 5.20. The minimum absolute atomic E-state index is 0.172. The molecule has 0 fully saturated rings. The van der Waals surface area contributed by atoms with Gasteiger partial charge >= 0.3 is 0 Å². The Labute approximate surface area is 150 Å². The summed E-state index contributed by atoms with van der Waals surface area (Å²) in [6, 6.07) is 7.77. The number of carbonyl (C=O) groups is 1. The Bertz CT molecular complexity index is 767. The summed E-state index contributed by atoms with van der Waals surface area (Å²) in [6.07, 6.45) is 0.569. The minimum atomic E-state index is -0.454. The number of amides is 1. The highest BCUT2D eigenvalue weighted by Crippen LogP contribution is 2.35. The van der Waals surface area contributed by atoms with Gasteiger partial charge in [0.2, 0.25) is 5.91 Å². The van der Waals surface area contributed by atoms with Crippen LogP contribution in [0.4, 0.5) is 10.1 Å². The molecule has 2 aromatic rings. The molecule has 1 amide bonds. The van der Waals surface area contributed by atoms with Crippen molar-refractivity contribution in [2.45, 2.75) is 12.8 Å². The zero-order valence-corrected chi connectivity index (χ0v) is 14.9. The van der Waals surface area contributed by atoms with Crippen LogP contribution >= 0.6 is 11.6 Å². The van der Waals surface area contributed by atoms with Crippen molar-refractivity contribution in [2.75, 3.05) is 26.6 Å². The fourth-order valence-electron chi connectivity index (χ4n) is 2.29. The molecule has 25 heavy (non-hydrogen) atoms. The predicted molar refractivity (Wildman–Crippen MR) is 94.5 cm³/mol. The van der Waals surface area contributed by atoms with Crippen LogP contribution in [-0.4, -0.2) is 27.2 Å². The SMILES string of the molecule is COc1ccc(CCC(=O)Nc2cc(OC)c(Cl)cc2OC)cc1F. The molecule has 0 unspecified atom stereocenters. The fourth-order valence-corrected chi connectivity index (χ4v) is 2.52. The molecule has 0 aliphatic carbocycles. The van der Waals surface area contributed by atoms with Crippen molar-refractivity contribution in [2.24, 2.45) is 0 Å². The molecular formula is C18H19ClFNO4. The van der Waals surface area contributed by atoms with Crippen LogP contribution in [0, 0.1) is 5.82 Å². The zero-order chi connectivity index (χ0) is 18.4. The average molecular weight is 368 g/mol. The summed E-state index contributed by atoms with van der Waals surface area (Å²) in [5.74, 6) is 0.333. The molecule has 1 N–H and O–H groups in total. The zero-order valence-electron chi connectivity index (χ0n) is 14.2. The first-order valence-electron chi connectivity index (χ1n) is 7.52. The maximum Gasteiger partial charge on any atom is 0.224 e. The molecule has 0 heterocycles. The van der Waals surface area contributed by atoms with E-state index in [1.807, 2.05) is 0 Å². The maximum absolute atomic E-state index is 13.7. The van der Waals surface area contributed by atoms with E-state index in [9.17, 15) is 9.18 Å². The van der Waals surface area contributed by atoms with Gasteiger partial charge in [-0.3, -0.25) is 4.79 Å². The number of hydrogen-bond donors (Lipinski definition) is 1. The van der Waals surface area contributed by atoms with Gasteiger partial charge in [-0.2, -0.15) is 0 Å². The van der Waals surface area contributed by atoms with Crippen molar-refractivity contribution < 1.29 is 23.4 Å². The number of rotatable bonds is 7. The molecule has 0 bridgehead atoms. The molecule has 7 heteroatoms. The number of halogens is 2. The Morgan fingerprint density at radius 2 is 1.72 bits per heavy atom. The summed E-state index contributed by atoms with van der Waals surface area (Å²) in [4.78, 5) is 12.2. The highest BCUT2D eigenvalue weighted by Gasteiger charge is 2.13. The van der Waals surface area contributed by atoms with E-state index in [1.165, 1.54) is 33.5 Å². The first-order chi connectivity index (χ1) is 12.0. The van der Waals surface area contributed by atoms with Crippen LogP contribution in [0.1, 0.15) is 12.0 Å². The van der Waals surface area contributed by atoms with Crippen LogP contribution in [0.3, 0.4) is 0 Å². The lowest BCUT2D eigenvalue weighted by molar-refractivity contribution is -0.116. The topological polar surface area (TPSA) is 56.8 Å². The van der Waals surface area contributed by atoms with Crippen molar-refractivity contribution in [1.29, 1.82) is 0 Å². The van der Waals surface area contributed by atoms with Gasteiger partial charge in [-0.15, -0.1) is 0 Å². The van der Waals surface area contributed by atoms with Crippen LogP contribution in [0.5, 0.6) is 17.2 Å². The van der Waals surface area contributed by atoms with Crippen LogP contribution in [0.15, 0.2) is 30.3 Å². The van der Waals surface area contributed by atoms with E-state index in [2.05, 4.69) is 5.32 Å². The summed E-state index contributed by atoms with van der Waals surface area (Å²) in [6.45, 7) is 0. The first-order valence-corrected chi connectivity index (χ1v) is 7.90. The number of ether oxygens (including phenoxy) is 3. The van der Waals surface area contributed by atoms with Gasteiger partial charge in [0, 0.05) is 18.6 Å². The Morgan fingerprint density at radius 3 is 2.32 bits per heavy atom. The van der Waals surface area contributed by atoms with Crippen LogP contribution in [-0.2, 0) is 11.2 Å². The molecule has 0 saturated carbocycles. The second kappa shape index (κ2) is 8.58. The van der Waals surface area contributed by atoms with E-state index >= 15 is 0 Å². The highest BCUT2D eigenvalue weighted by molar-refractivity contribution is 6.32. The summed E-state index contributed by atoms with van der Waals surface area (Å²) >= 11 is 6.03. The third-order valence-corrected chi connectivity index (χ3v) is 3.90. The van der Waals surface area contributed by atoms with Crippen molar-refractivity contribution in [1.82, 2.24) is 0 Å². The number of methoxy groups -OCH3 is 3. The molecule has 0 radical (unpaired) electrons. The number of benzene rings is 2. The van der Waals surface area contributed by atoms with Gasteiger partial charge < -0.3 is 19.5 Å². The van der Waals surface area contributed by atoms with E-state index in [4.69, 9.17) is 25.8 Å². The standard InChI is InChI=1S/C18H19ClFNO4/c1-23-15-6-4-11(8-13(15)20)5-7-18(22)21-14-10-16(24-2)12(19)9-17(14)25-3/h4,6,8-10H,5,7H2,1-3H3,(H,21,22). The highest BCUT2D eigenvalue weighted by atomic mass is 35.5. The summed E-state index contributed by atoms with van der Waals surface area (Å²) < 4.78 is 28.9. The monoisotopic (exact) mass is 367 g/mol. The third kappa shape index (κ3) is 4.76. The number of carbonyl (C=O) groups excluding carboxylic acids is 1. The van der Waals surface area contributed by atoms with Crippen molar-refractivity contribution in [3.63, 3.8) is 0 Å². The quantitative estimate of drug-likeness (QED) is 0.801. The number of hydrogen-bond acceptors (Lipinski definition) is 4. The second-order valence-corrected chi connectivity index (χ2v) is 5.61. The number of nitrogens with one attached hydrogen (secondary N) is 1.